The first-order valence-corrected chi connectivity index (χ1v) is 4.54. The van der Waals surface area contributed by atoms with E-state index >= 15 is 0 Å². The van der Waals surface area contributed by atoms with E-state index in [0.29, 0.717) is 13.0 Å². The summed E-state index contributed by atoms with van der Waals surface area (Å²) in [4.78, 5) is 10.9. The van der Waals surface area contributed by atoms with Gasteiger partial charge in [0.1, 0.15) is 6.04 Å². The second kappa shape index (κ2) is 7.10. The molecule has 0 aliphatic heterocycles. The Balaban J connectivity index is 3.76. The van der Waals surface area contributed by atoms with Crippen molar-refractivity contribution in [1.82, 2.24) is 5.32 Å². The fraction of sp³-hybridized carbons (Fsp3) is 0.600. The molecule has 0 saturated heterocycles. The summed E-state index contributed by atoms with van der Waals surface area (Å²) in [5, 5.41) is 11.2. The summed E-state index contributed by atoms with van der Waals surface area (Å²) in [6, 6.07) is 1.48. The smallest absolute Gasteiger partial charge is 0.244 e. The molecule has 1 amide bonds. The van der Waals surface area contributed by atoms with Crippen molar-refractivity contribution in [3.05, 3.63) is 12.7 Å². The number of carbonyl (C=O) groups excluding carboxylic acids is 1. The van der Waals surface area contributed by atoms with E-state index in [1.807, 2.05) is 19.9 Å². The fourth-order valence-corrected chi connectivity index (χ4v) is 0.821. The molecule has 0 spiro atoms. The second-order valence-electron chi connectivity index (χ2n) is 3.10. The highest BCUT2D eigenvalue weighted by atomic mass is 16.5. The van der Waals surface area contributed by atoms with E-state index in [0.717, 1.165) is 6.08 Å². The Morgan fingerprint density at radius 1 is 1.71 bits per heavy atom. The molecule has 0 unspecified atom stereocenters. The lowest BCUT2D eigenvalue weighted by atomic mass is 10.2. The van der Waals surface area contributed by atoms with Gasteiger partial charge in [-0.05, 0) is 19.9 Å². The summed E-state index contributed by atoms with van der Waals surface area (Å²) in [6.07, 6.45) is 1.78. The predicted octanol–water partition coefficient (Wildman–Crippen LogP) is 0.996. The van der Waals surface area contributed by atoms with Gasteiger partial charge in [-0.25, -0.2) is 0 Å². The number of hydrogen-bond acceptors (Lipinski definition) is 3. The van der Waals surface area contributed by atoms with E-state index in [9.17, 15) is 4.79 Å². The molecular weight excluding hydrogens is 180 g/mol. The Morgan fingerprint density at radius 3 is 2.79 bits per heavy atom. The van der Waals surface area contributed by atoms with E-state index in [-0.39, 0.29) is 12.0 Å². The fourth-order valence-electron chi connectivity index (χ4n) is 0.821. The molecule has 0 radical (unpaired) electrons. The predicted molar refractivity (Wildman–Crippen MR) is 53.4 cm³/mol. The first kappa shape index (κ1) is 12.7. The molecule has 0 saturated carbocycles. The van der Waals surface area contributed by atoms with Gasteiger partial charge in [0.05, 0.1) is 12.2 Å². The van der Waals surface area contributed by atoms with E-state index in [1.165, 1.54) is 0 Å². The first-order valence-electron chi connectivity index (χ1n) is 4.54. The van der Waals surface area contributed by atoms with Crippen molar-refractivity contribution in [3.8, 4) is 6.07 Å². The maximum atomic E-state index is 10.9. The molecule has 14 heavy (non-hydrogen) atoms. The topological polar surface area (TPSA) is 62.1 Å². The standard InChI is InChI=1S/C10H16N2O2/c1-4-10(13)12-9(7-11)5-6-14-8(2)3/h4,8-9H,1,5-6H2,2-3H3,(H,12,13)/t9-/m0/s1. The third kappa shape index (κ3) is 6.21. The summed E-state index contributed by atoms with van der Waals surface area (Å²) >= 11 is 0. The van der Waals surface area contributed by atoms with Crippen LogP contribution in [0.3, 0.4) is 0 Å². The Bertz CT molecular complexity index is 231. The number of hydrogen-bond donors (Lipinski definition) is 1. The summed E-state index contributed by atoms with van der Waals surface area (Å²) < 4.78 is 5.26. The summed E-state index contributed by atoms with van der Waals surface area (Å²) in [5.74, 6) is -0.332. The van der Waals surface area contributed by atoms with Crippen LogP contribution in [0.1, 0.15) is 20.3 Å². The molecule has 0 bridgehead atoms. The molecule has 0 aliphatic rings. The Morgan fingerprint density at radius 2 is 2.36 bits per heavy atom. The highest BCUT2D eigenvalue weighted by Gasteiger charge is 2.08. The lowest BCUT2D eigenvalue weighted by Gasteiger charge is -2.11. The minimum Gasteiger partial charge on any atom is -0.379 e. The van der Waals surface area contributed by atoms with Crippen LogP contribution in [0, 0.1) is 11.3 Å². The van der Waals surface area contributed by atoms with Crippen LogP contribution in [0.4, 0.5) is 0 Å². The monoisotopic (exact) mass is 196 g/mol. The van der Waals surface area contributed by atoms with Gasteiger partial charge in [-0.1, -0.05) is 6.58 Å². The molecule has 0 heterocycles. The van der Waals surface area contributed by atoms with Crippen LogP contribution < -0.4 is 5.32 Å². The number of carbonyl (C=O) groups is 1. The molecule has 1 N–H and O–H groups in total. The molecule has 0 aliphatic carbocycles. The van der Waals surface area contributed by atoms with Crippen LogP contribution >= 0.6 is 0 Å². The maximum Gasteiger partial charge on any atom is 0.244 e. The van der Waals surface area contributed by atoms with Gasteiger partial charge < -0.3 is 10.1 Å². The average molecular weight is 196 g/mol. The van der Waals surface area contributed by atoms with Crippen LogP contribution in [0.2, 0.25) is 0 Å². The molecule has 0 aromatic carbocycles. The molecule has 1 atom stereocenters. The van der Waals surface area contributed by atoms with Gasteiger partial charge >= 0.3 is 0 Å². The van der Waals surface area contributed by atoms with Gasteiger partial charge in [-0.3, -0.25) is 4.79 Å². The van der Waals surface area contributed by atoms with Gasteiger partial charge in [0.2, 0.25) is 5.91 Å². The number of rotatable bonds is 6. The van der Waals surface area contributed by atoms with E-state index in [2.05, 4.69) is 11.9 Å². The molecule has 4 heteroatoms. The maximum absolute atomic E-state index is 10.9. The van der Waals surface area contributed by atoms with E-state index in [4.69, 9.17) is 10.00 Å². The van der Waals surface area contributed by atoms with Crippen LogP contribution in [0.25, 0.3) is 0 Å². The van der Waals surface area contributed by atoms with Crippen LogP contribution in [-0.4, -0.2) is 24.7 Å². The third-order valence-electron chi connectivity index (χ3n) is 1.52. The minimum atomic E-state index is -0.501. The summed E-state index contributed by atoms with van der Waals surface area (Å²) in [6.45, 7) is 7.61. The molecule has 0 rings (SSSR count). The van der Waals surface area contributed by atoms with Crippen molar-refractivity contribution in [2.75, 3.05) is 6.61 Å². The minimum absolute atomic E-state index is 0.143. The zero-order valence-corrected chi connectivity index (χ0v) is 8.62. The Kier molecular flexibility index (Phi) is 6.42. The highest BCUT2D eigenvalue weighted by molar-refractivity contribution is 5.87. The number of amides is 1. The zero-order chi connectivity index (χ0) is 11.0. The van der Waals surface area contributed by atoms with Crippen molar-refractivity contribution in [2.24, 2.45) is 0 Å². The summed E-state index contributed by atoms with van der Waals surface area (Å²) in [7, 11) is 0. The normalized spacial score (nSPS) is 11.9. The van der Waals surface area contributed by atoms with Gasteiger partial charge in [-0.2, -0.15) is 5.26 Å². The van der Waals surface area contributed by atoms with Crippen LogP contribution in [0.5, 0.6) is 0 Å². The van der Waals surface area contributed by atoms with E-state index < -0.39 is 6.04 Å². The largest absolute Gasteiger partial charge is 0.379 e. The molecule has 78 valence electrons. The van der Waals surface area contributed by atoms with Gasteiger partial charge in [0.25, 0.3) is 0 Å². The quantitative estimate of drug-likeness (QED) is 0.644. The number of nitrogens with one attached hydrogen (secondary N) is 1. The zero-order valence-electron chi connectivity index (χ0n) is 8.62. The number of nitriles is 1. The highest BCUT2D eigenvalue weighted by Crippen LogP contribution is 1.95. The SMILES string of the molecule is C=CC(=O)N[C@H](C#N)CCOC(C)C. The van der Waals surface area contributed by atoms with Gasteiger partial charge in [0.15, 0.2) is 0 Å². The number of ether oxygens (including phenoxy) is 1. The van der Waals surface area contributed by atoms with Crippen molar-refractivity contribution >= 4 is 5.91 Å². The van der Waals surface area contributed by atoms with Crippen molar-refractivity contribution in [1.29, 1.82) is 5.26 Å². The molecular formula is C10H16N2O2. The first-order chi connectivity index (χ1) is 6.60. The Labute approximate surface area is 84.6 Å². The van der Waals surface area contributed by atoms with E-state index in [1.54, 1.807) is 0 Å². The summed E-state index contributed by atoms with van der Waals surface area (Å²) in [5.41, 5.74) is 0. The van der Waals surface area contributed by atoms with Gasteiger partial charge in [0, 0.05) is 13.0 Å². The van der Waals surface area contributed by atoms with Crippen LogP contribution in [0.15, 0.2) is 12.7 Å². The third-order valence-corrected chi connectivity index (χ3v) is 1.52. The molecule has 0 aromatic heterocycles. The average Bonchev–Trinajstić information content (AvgIpc) is 2.15. The van der Waals surface area contributed by atoms with Crippen molar-refractivity contribution in [3.63, 3.8) is 0 Å². The second-order valence-corrected chi connectivity index (χ2v) is 3.10. The van der Waals surface area contributed by atoms with Crippen LogP contribution in [-0.2, 0) is 9.53 Å². The Hall–Kier alpha value is -1.34. The van der Waals surface area contributed by atoms with Crippen molar-refractivity contribution < 1.29 is 9.53 Å². The van der Waals surface area contributed by atoms with Gasteiger partial charge in [-0.15, -0.1) is 0 Å². The molecule has 4 nitrogen and oxygen atoms in total. The lowest BCUT2D eigenvalue weighted by Crippen LogP contribution is -2.33. The molecule has 0 aromatic rings. The van der Waals surface area contributed by atoms with Crippen molar-refractivity contribution in [2.45, 2.75) is 32.4 Å². The number of nitrogens with zero attached hydrogens (tertiary/aromatic N) is 1. The molecule has 0 fully saturated rings. The lowest BCUT2D eigenvalue weighted by molar-refractivity contribution is -0.116.